The fraction of sp³-hybridized carbons (Fsp3) is 0.375. The Kier molecular flexibility index (Phi) is 4.28. The molecule has 1 aromatic heterocycles. The minimum Gasteiger partial charge on any atom is -0.480 e. The largest absolute Gasteiger partial charge is 0.480 e. The van der Waals surface area contributed by atoms with Gasteiger partial charge in [0.2, 0.25) is 0 Å². The van der Waals surface area contributed by atoms with E-state index in [4.69, 9.17) is 14.7 Å². The number of amides is 2. The molecule has 1 atom stereocenters. The lowest BCUT2D eigenvalue weighted by Crippen LogP contribution is -2.47. The van der Waals surface area contributed by atoms with E-state index in [0.717, 1.165) is 0 Å². The molecule has 0 bridgehead atoms. The highest BCUT2D eigenvalue weighted by Gasteiger charge is 2.18. The highest BCUT2D eigenvalue weighted by atomic mass is 16.5. The van der Waals surface area contributed by atoms with Crippen molar-refractivity contribution in [2.24, 2.45) is 0 Å². The number of nitrogens with zero attached hydrogens (tertiary/aromatic N) is 1. The summed E-state index contributed by atoms with van der Waals surface area (Å²) in [5.41, 5.74) is 0. The van der Waals surface area contributed by atoms with Crippen LogP contribution in [0.3, 0.4) is 0 Å². The van der Waals surface area contributed by atoms with E-state index < -0.39 is 24.6 Å². The van der Waals surface area contributed by atoms with E-state index in [1.807, 2.05) is 0 Å². The summed E-state index contributed by atoms with van der Waals surface area (Å²) >= 11 is 0. The molecule has 0 saturated heterocycles. The first-order valence-corrected chi connectivity index (χ1v) is 4.41. The van der Waals surface area contributed by atoms with Gasteiger partial charge in [-0.25, -0.2) is 9.59 Å². The van der Waals surface area contributed by atoms with Crippen LogP contribution in [0.25, 0.3) is 0 Å². The Morgan fingerprint density at radius 2 is 2.31 bits per heavy atom. The lowest BCUT2D eigenvalue weighted by molar-refractivity contribution is -0.140. The maximum absolute atomic E-state index is 11.2. The maximum atomic E-state index is 11.2. The summed E-state index contributed by atoms with van der Waals surface area (Å²) in [5.74, 6) is -0.872. The molecule has 1 aromatic rings. The van der Waals surface area contributed by atoms with Crippen LogP contribution in [0.15, 0.2) is 16.8 Å². The summed E-state index contributed by atoms with van der Waals surface area (Å²) < 4.78 is 4.70. The second kappa shape index (κ2) is 5.71. The third-order valence-electron chi connectivity index (χ3n) is 1.70. The van der Waals surface area contributed by atoms with Crippen LogP contribution >= 0.6 is 0 Å². The zero-order valence-corrected chi connectivity index (χ0v) is 8.21. The Labute approximate surface area is 90.2 Å². The molecule has 0 fully saturated rings. The molecule has 16 heavy (non-hydrogen) atoms. The van der Waals surface area contributed by atoms with Crippen molar-refractivity contribution in [3.8, 4) is 0 Å². The third kappa shape index (κ3) is 3.58. The van der Waals surface area contributed by atoms with E-state index in [1.165, 1.54) is 6.20 Å². The molecule has 0 saturated carbocycles. The molecule has 0 aliphatic rings. The number of aromatic nitrogens is 1. The Morgan fingerprint density at radius 3 is 2.81 bits per heavy atom. The van der Waals surface area contributed by atoms with Gasteiger partial charge in [-0.2, -0.15) is 0 Å². The van der Waals surface area contributed by atoms with Crippen LogP contribution in [0.4, 0.5) is 4.79 Å². The normalized spacial score (nSPS) is 11.8. The number of rotatable bonds is 5. The molecule has 8 heteroatoms. The molecule has 0 radical (unpaired) electrons. The minimum atomic E-state index is -1.32. The number of aliphatic carboxylic acids is 1. The van der Waals surface area contributed by atoms with Crippen molar-refractivity contribution in [3.05, 3.63) is 18.0 Å². The van der Waals surface area contributed by atoms with E-state index >= 15 is 0 Å². The number of aliphatic hydroxyl groups excluding tert-OH is 1. The van der Waals surface area contributed by atoms with Crippen LogP contribution in [0.5, 0.6) is 0 Å². The van der Waals surface area contributed by atoms with Crippen molar-refractivity contribution in [3.63, 3.8) is 0 Å². The number of nitrogens with one attached hydrogen (secondary N) is 2. The van der Waals surface area contributed by atoms with E-state index in [1.54, 1.807) is 6.07 Å². The van der Waals surface area contributed by atoms with Crippen LogP contribution in [-0.2, 0) is 11.3 Å². The predicted molar refractivity (Wildman–Crippen MR) is 50.4 cm³/mol. The zero-order chi connectivity index (χ0) is 12.0. The van der Waals surface area contributed by atoms with Gasteiger partial charge < -0.3 is 25.4 Å². The van der Waals surface area contributed by atoms with Gasteiger partial charge in [0, 0.05) is 6.07 Å². The summed E-state index contributed by atoms with van der Waals surface area (Å²) in [5, 5.41) is 25.0. The first-order chi connectivity index (χ1) is 7.63. The lowest BCUT2D eigenvalue weighted by atomic mass is 10.3. The summed E-state index contributed by atoms with van der Waals surface area (Å²) in [6.45, 7) is -0.589. The molecule has 4 N–H and O–H groups in total. The molecule has 1 heterocycles. The number of carbonyl (C=O) groups is 2. The van der Waals surface area contributed by atoms with Gasteiger partial charge in [-0.05, 0) is 0 Å². The van der Waals surface area contributed by atoms with E-state index in [0.29, 0.717) is 5.76 Å². The number of carboxylic acids is 1. The van der Waals surface area contributed by atoms with Gasteiger partial charge in [0.15, 0.2) is 11.8 Å². The highest BCUT2D eigenvalue weighted by molar-refractivity contribution is 5.82. The Balaban J connectivity index is 2.33. The van der Waals surface area contributed by atoms with Gasteiger partial charge in [0.25, 0.3) is 0 Å². The van der Waals surface area contributed by atoms with Crippen molar-refractivity contribution in [1.29, 1.82) is 0 Å². The van der Waals surface area contributed by atoms with E-state index in [-0.39, 0.29) is 6.54 Å². The van der Waals surface area contributed by atoms with Crippen LogP contribution in [0, 0.1) is 0 Å². The molecule has 8 nitrogen and oxygen atoms in total. The van der Waals surface area contributed by atoms with E-state index in [9.17, 15) is 9.59 Å². The SMILES string of the molecule is O=C(NCc1ccno1)N[C@@H](CO)C(=O)O. The summed E-state index contributed by atoms with van der Waals surface area (Å²) in [6, 6.07) is -0.478. The van der Waals surface area contributed by atoms with Gasteiger partial charge in [-0.3, -0.25) is 0 Å². The zero-order valence-electron chi connectivity index (χ0n) is 8.21. The second-order valence-corrected chi connectivity index (χ2v) is 2.88. The van der Waals surface area contributed by atoms with Crippen molar-refractivity contribution in [1.82, 2.24) is 15.8 Å². The van der Waals surface area contributed by atoms with Crippen LogP contribution in [0.2, 0.25) is 0 Å². The monoisotopic (exact) mass is 229 g/mol. The van der Waals surface area contributed by atoms with Crippen molar-refractivity contribution in [2.45, 2.75) is 12.6 Å². The lowest BCUT2D eigenvalue weighted by Gasteiger charge is -2.11. The van der Waals surface area contributed by atoms with E-state index in [2.05, 4.69) is 15.8 Å². The molecule has 0 aliphatic carbocycles. The van der Waals surface area contributed by atoms with Crippen molar-refractivity contribution >= 4 is 12.0 Å². The van der Waals surface area contributed by atoms with Crippen LogP contribution < -0.4 is 10.6 Å². The molecular formula is C8H11N3O5. The summed E-state index contributed by atoms with van der Waals surface area (Å²) in [4.78, 5) is 21.6. The summed E-state index contributed by atoms with van der Waals surface area (Å²) in [7, 11) is 0. The first-order valence-electron chi connectivity index (χ1n) is 4.41. The Morgan fingerprint density at radius 1 is 1.56 bits per heavy atom. The number of carboxylic acid groups (broad SMARTS) is 1. The molecule has 1 rings (SSSR count). The molecular weight excluding hydrogens is 218 g/mol. The molecule has 0 spiro atoms. The quantitative estimate of drug-likeness (QED) is 0.509. The molecule has 88 valence electrons. The molecule has 0 aromatic carbocycles. The predicted octanol–water partition coefficient (Wildman–Crippen LogP) is -1.08. The van der Waals surface area contributed by atoms with Crippen LogP contribution in [0.1, 0.15) is 5.76 Å². The molecule has 0 aliphatic heterocycles. The second-order valence-electron chi connectivity index (χ2n) is 2.88. The summed E-state index contributed by atoms with van der Waals surface area (Å²) in [6.07, 6.45) is 1.42. The maximum Gasteiger partial charge on any atom is 0.328 e. The van der Waals surface area contributed by atoms with Crippen molar-refractivity contribution in [2.75, 3.05) is 6.61 Å². The Hall–Kier alpha value is -2.09. The number of carbonyl (C=O) groups excluding carboxylic acids is 1. The fourth-order valence-electron chi connectivity index (χ4n) is 0.895. The first kappa shape index (κ1) is 12.0. The molecule has 2 amide bonds. The average Bonchev–Trinajstić information content (AvgIpc) is 2.75. The number of aliphatic hydroxyl groups is 1. The van der Waals surface area contributed by atoms with Crippen LogP contribution in [-0.4, -0.2) is 40.0 Å². The Bertz CT molecular complexity index is 351. The number of hydrogen-bond donors (Lipinski definition) is 4. The van der Waals surface area contributed by atoms with Gasteiger partial charge in [0.05, 0.1) is 19.3 Å². The number of hydrogen-bond acceptors (Lipinski definition) is 5. The third-order valence-corrected chi connectivity index (χ3v) is 1.70. The standard InChI is InChI=1S/C8H11N3O5/c12-4-6(7(13)14)11-8(15)9-3-5-1-2-10-16-5/h1-2,6,12H,3-4H2,(H,13,14)(H2,9,11,15)/t6-/m0/s1. The average molecular weight is 229 g/mol. The fourth-order valence-corrected chi connectivity index (χ4v) is 0.895. The topological polar surface area (TPSA) is 125 Å². The minimum absolute atomic E-state index is 0.0869. The van der Waals surface area contributed by atoms with Gasteiger partial charge >= 0.3 is 12.0 Å². The van der Waals surface area contributed by atoms with Gasteiger partial charge in [-0.1, -0.05) is 5.16 Å². The smallest absolute Gasteiger partial charge is 0.328 e. The van der Waals surface area contributed by atoms with Crippen molar-refractivity contribution < 1.29 is 24.3 Å². The highest BCUT2D eigenvalue weighted by Crippen LogP contribution is 1.94. The van der Waals surface area contributed by atoms with Gasteiger partial charge in [0.1, 0.15) is 0 Å². The number of urea groups is 1. The molecule has 0 unspecified atom stereocenters. The van der Waals surface area contributed by atoms with Gasteiger partial charge in [-0.15, -0.1) is 0 Å².